The summed E-state index contributed by atoms with van der Waals surface area (Å²) in [5.41, 5.74) is 1.14. The Morgan fingerprint density at radius 3 is 2.79 bits per heavy atom. The lowest BCUT2D eigenvalue weighted by Crippen LogP contribution is -2.20. The third-order valence-corrected chi connectivity index (χ3v) is 2.54. The van der Waals surface area contributed by atoms with Crippen LogP contribution in [0.5, 0.6) is 0 Å². The zero-order valence-electron chi connectivity index (χ0n) is 11.2. The summed E-state index contributed by atoms with van der Waals surface area (Å²) in [6.45, 7) is 3.34. The Kier molecular flexibility index (Phi) is 8.34. The van der Waals surface area contributed by atoms with E-state index in [9.17, 15) is 0 Å². The summed E-state index contributed by atoms with van der Waals surface area (Å²) in [5, 5.41) is 11.2. The summed E-state index contributed by atoms with van der Waals surface area (Å²) in [7, 11) is 0. The first kappa shape index (κ1) is 15.4. The fourth-order valence-corrected chi connectivity index (χ4v) is 1.57. The lowest BCUT2D eigenvalue weighted by atomic mass is 10.2. The molecule has 4 nitrogen and oxygen atoms in total. The first-order chi connectivity index (χ1) is 9.36. The summed E-state index contributed by atoms with van der Waals surface area (Å²) >= 11 is 0. The van der Waals surface area contributed by atoms with E-state index in [4.69, 9.17) is 14.7 Å². The van der Waals surface area contributed by atoms with Gasteiger partial charge in [0.25, 0.3) is 0 Å². The second-order valence-corrected chi connectivity index (χ2v) is 4.06. The van der Waals surface area contributed by atoms with E-state index in [2.05, 4.69) is 5.16 Å². The van der Waals surface area contributed by atoms with Gasteiger partial charge in [-0.05, 0) is 18.9 Å². The Labute approximate surface area is 114 Å². The Morgan fingerprint density at radius 2 is 2.11 bits per heavy atom. The van der Waals surface area contributed by atoms with E-state index in [1.54, 1.807) is 0 Å². The predicted molar refractivity (Wildman–Crippen MR) is 75.5 cm³/mol. The highest BCUT2D eigenvalue weighted by Gasteiger charge is 2.07. The van der Waals surface area contributed by atoms with Gasteiger partial charge in [0.05, 0.1) is 32.1 Å². The molecule has 1 aromatic rings. The van der Waals surface area contributed by atoms with E-state index in [1.807, 2.05) is 49.4 Å². The third kappa shape index (κ3) is 7.39. The topological polar surface area (TPSA) is 51.0 Å². The van der Waals surface area contributed by atoms with Gasteiger partial charge in [-0.15, -0.1) is 0 Å². The number of benzene rings is 1. The fraction of sp³-hybridized carbons (Fsp3) is 0.400. The number of nitrogens with zero attached hydrogens (tertiary/aromatic N) is 1. The largest absolute Gasteiger partial charge is 0.411 e. The highest BCUT2D eigenvalue weighted by atomic mass is 16.5. The standard InChI is InChI=1S/C15H21NO3/c1-2-3-9-15(19-11-10-16-17)13-18-12-14-7-5-4-6-8-14/h2-8,10,15,17H,9,11-13H2,1H3/b3-2-,16-10+/t15-/m1/s1. The minimum absolute atomic E-state index is 0.0297. The lowest BCUT2D eigenvalue weighted by molar-refractivity contribution is -0.00548. The molecule has 19 heavy (non-hydrogen) atoms. The molecular formula is C15H21NO3. The first-order valence-electron chi connectivity index (χ1n) is 6.37. The van der Waals surface area contributed by atoms with E-state index in [0.717, 1.165) is 12.0 Å². The van der Waals surface area contributed by atoms with Gasteiger partial charge in [0.2, 0.25) is 0 Å². The maximum absolute atomic E-state index is 8.32. The average Bonchev–Trinajstić information content (AvgIpc) is 2.45. The van der Waals surface area contributed by atoms with Gasteiger partial charge in [0, 0.05) is 0 Å². The number of hydrogen-bond acceptors (Lipinski definition) is 4. The van der Waals surface area contributed by atoms with Crippen molar-refractivity contribution in [2.45, 2.75) is 26.1 Å². The molecule has 0 bridgehead atoms. The van der Waals surface area contributed by atoms with E-state index < -0.39 is 0 Å². The molecule has 1 atom stereocenters. The van der Waals surface area contributed by atoms with Crippen LogP contribution in [0.2, 0.25) is 0 Å². The normalized spacial score (nSPS) is 13.3. The average molecular weight is 263 g/mol. The molecule has 0 fully saturated rings. The van der Waals surface area contributed by atoms with Gasteiger partial charge in [-0.2, -0.15) is 0 Å². The summed E-state index contributed by atoms with van der Waals surface area (Å²) in [4.78, 5) is 0. The van der Waals surface area contributed by atoms with Crippen LogP contribution >= 0.6 is 0 Å². The van der Waals surface area contributed by atoms with Crippen molar-refractivity contribution in [1.82, 2.24) is 0 Å². The van der Waals surface area contributed by atoms with Gasteiger partial charge in [0.15, 0.2) is 0 Å². The van der Waals surface area contributed by atoms with Crippen molar-refractivity contribution < 1.29 is 14.7 Å². The van der Waals surface area contributed by atoms with Crippen LogP contribution in [0.3, 0.4) is 0 Å². The molecule has 1 rings (SSSR count). The number of ether oxygens (including phenoxy) is 2. The van der Waals surface area contributed by atoms with E-state index in [0.29, 0.717) is 13.2 Å². The van der Waals surface area contributed by atoms with Crippen LogP contribution in [-0.4, -0.2) is 30.7 Å². The van der Waals surface area contributed by atoms with Crippen molar-refractivity contribution in [3.63, 3.8) is 0 Å². The SMILES string of the molecule is C/C=C\C[C@H](COCc1ccccc1)OC/C=N/O. The molecule has 0 heterocycles. The van der Waals surface area contributed by atoms with Crippen LogP contribution in [0, 0.1) is 0 Å². The van der Waals surface area contributed by atoms with Gasteiger partial charge < -0.3 is 14.7 Å². The number of allylic oxidation sites excluding steroid dienone is 1. The number of hydrogen-bond donors (Lipinski definition) is 1. The summed E-state index contributed by atoms with van der Waals surface area (Å²) in [6.07, 6.45) is 6.09. The molecule has 0 radical (unpaired) electrons. The summed E-state index contributed by atoms with van der Waals surface area (Å²) in [5.74, 6) is 0. The predicted octanol–water partition coefficient (Wildman–Crippen LogP) is 3.01. The van der Waals surface area contributed by atoms with Crippen LogP contribution in [-0.2, 0) is 16.1 Å². The molecule has 0 aliphatic carbocycles. The van der Waals surface area contributed by atoms with Gasteiger partial charge in [-0.1, -0.05) is 47.6 Å². The van der Waals surface area contributed by atoms with Crippen LogP contribution in [0.15, 0.2) is 47.6 Å². The molecule has 0 unspecified atom stereocenters. The van der Waals surface area contributed by atoms with Crippen LogP contribution < -0.4 is 0 Å². The Hall–Kier alpha value is -1.65. The van der Waals surface area contributed by atoms with Crippen molar-refractivity contribution in [3.8, 4) is 0 Å². The molecule has 0 aromatic heterocycles. The van der Waals surface area contributed by atoms with Gasteiger partial charge in [-0.3, -0.25) is 0 Å². The quantitative estimate of drug-likeness (QED) is 0.322. The summed E-state index contributed by atoms with van der Waals surface area (Å²) in [6, 6.07) is 10.0. The van der Waals surface area contributed by atoms with E-state index in [-0.39, 0.29) is 12.7 Å². The Balaban J connectivity index is 2.30. The molecule has 0 aliphatic heterocycles. The minimum Gasteiger partial charge on any atom is -0.411 e. The molecule has 4 heteroatoms. The van der Waals surface area contributed by atoms with Crippen molar-refractivity contribution in [1.29, 1.82) is 0 Å². The lowest BCUT2D eigenvalue weighted by Gasteiger charge is -2.15. The van der Waals surface area contributed by atoms with Crippen LogP contribution in [0.4, 0.5) is 0 Å². The second kappa shape index (κ2) is 10.3. The van der Waals surface area contributed by atoms with Gasteiger partial charge >= 0.3 is 0 Å². The van der Waals surface area contributed by atoms with E-state index in [1.165, 1.54) is 6.21 Å². The molecule has 0 amide bonds. The zero-order valence-corrected chi connectivity index (χ0v) is 11.2. The molecule has 1 N–H and O–H groups in total. The highest BCUT2D eigenvalue weighted by Crippen LogP contribution is 2.05. The van der Waals surface area contributed by atoms with E-state index >= 15 is 0 Å². The van der Waals surface area contributed by atoms with Crippen molar-refractivity contribution in [3.05, 3.63) is 48.0 Å². The van der Waals surface area contributed by atoms with Crippen molar-refractivity contribution in [2.24, 2.45) is 5.16 Å². The fourth-order valence-electron chi connectivity index (χ4n) is 1.57. The molecule has 0 saturated carbocycles. The third-order valence-electron chi connectivity index (χ3n) is 2.54. The van der Waals surface area contributed by atoms with Gasteiger partial charge in [0.1, 0.15) is 0 Å². The Morgan fingerprint density at radius 1 is 1.32 bits per heavy atom. The van der Waals surface area contributed by atoms with Crippen molar-refractivity contribution in [2.75, 3.05) is 13.2 Å². The number of oxime groups is 1. The minimum atomic E-state index is -0.0297. The highest BCUT2D eigenvalue weighted by molar-refractivity contribution is 5.57. The van der Waals surface area contributed by atoms with Crippen LogP contribution in [0.25, 0.3) is 0 Å². The summed E-state index contributed by atoms with van der Waals surface area (Å²) < 4.78 is 11.2. The maximum atomic E-state index is 8.32. The second-order valence-electron chi connectivity index (χ2n) is 4.06. The molecule has 1 aromatic carbocycles. The molecule has 104 valence electrons. The molecule has 0 spiro atoms. The first-order valence-corrected chi connectivity index (χ1v) is 6.37. The molecule has 0 aliphatic rings. The van der Waals surface area contributed by atoms with Gasteiger partial charge in [-0.25, -0.2) is 0 Å². The number of rotatable bonds is 9. The van der Waals surface area contributed by atoms with Crippen molar-refractivity contribution >= 4 is 6.21 Å². The monoisotopic (exact) mass is 263 g/mol. The molecule has 0 saturated heterocycles. The molecular weight excluding hydrogens is 242 g/mol. The Bertz CT molecular complexity index is 376. The smallest absolute Gasteiger partial charge is 0.0857 e. The van der Waals surface area contributed by atoms with Crippen LogP contribution in [0.1, 0.15) is 18.9 Å². The zero-order chi connectivity index (χ0) is 13.8. The maximum Gasteiger partial charge on any atom is 0.0857 e.